The van der Waals surface area contributed by atoms with Gasteiger partial charge in [0.1, 0.15) is 0 Å². The van der Waals surface area contributed by atoms with Crippen molar-refractivity contribution < 1.29 is 20.4 Å². The van der Waals surface area contributed by atoms with Crippen LogP contribution in [0.2, 0.25) is 0 Å². The number of aliphatic hydroxyl groups is 4. The van der Waals surface area contributed by atoms with Crippen molar-refractivity contribution >= 4 is 0 Å². The summed E-state index contributed by atoms with van der Waals surface area (Å²) in [6.45, 7) is 8.67. The smallest absolute Gasteiger partial charge is 0.0739 e. The van der Waals surface area contributed by atoms with Gasteiger partial charge in [0.05, 0.1) is 29.8 Å². The van der Waals surface area contributed by atoms with Crippen molar-refractivity contribution in [3.63, 3.8) is 0 Å². The van der Waals surface area contributed by atoms with Crippen molar-refractivity contribution in [2.75, 3.05) is 0 Å². The first kappa shape index (κ1) is 32.8. The quantitative estimate of drug-likeness (QED) is 0.111. The van der Waals surface area contributed by atoms with Crippen molar-refractivity contribution in [2.24, 2.45) is 5.41 Å². The summed E-state index contributed by atoms with van der Waals surface area (Å²) in [5, 5.41) is 46.0. The maximum absolute atomic E-state index is 11.5. The Kier molecular flexibility index (Phi) is 21.0. The number of aliphatic hydroxyl groups excluding tert-OH is 4. The van der Waals surface area contributed by atoms with Crippen molar-refractivity contribution in [3.05, 3.63) is 0 Å². The Morgan fingerprint density at radius 2 is 0.576 bits per heavy atom. The molecule has 0 heterocycles. The van der Waals surface area contributed by atoms with Crippen LogP contribution in [0.25, 0.3) is 0 Å². The van der Waals surface area contributed by atoms with E-state index in [0.717, 1.165) is 103 Å². The number of hydrogen-bond acceptors (Lipinski definition) is 4. The van der Waals surface area contributed by atoms with Crippen LogP contribution in [0.15, 0.2) is 0 Å². The van der Waals surface area contributed by atoms with Crippen LogP contribution in [0.1, 0.15) is 156 Å². The van der Waals surface area contributed by atoms with Gasteiger partial charge in [-0.15, -0.1) is 0 Å². The molecule has 4 heteroatoms. The van der Waals surface area contributed by atoms with E-state index in [1.165, 1.54) is 0 Å². The van der Waals surface area contributed by atoms with Crippen LogP contribution in [0.4, 0.5) is 0 Å². The lowest BCUT2D eigenvalue weighted by atomic mass is 9.63. The van der Waals surface area contributed by atoms with E-state index in [-0.39, 0.29) is 0 Å². The van der Waals surface area contributed by atoms with Crippen molar-refractivity contribution in [1.82, 2.24) is 0 Å². The molecule has 0 fully saturated rings. The Labute approximate surface area is 206 Å². The van der Waals surface area contributed by atoms with Crippen LogP contribution in [0, 0.1) is 5.41 Å². The highest BCUT2D eigenvalue weighted by Gasteiger charge is 2.53. The molecule has 4 nitrogen and oxygen atoms in total. The highest BCUT2D eigenvalue weighted by atomic mass is 16.3. The summed E-state index contributed by atoms with van der Waals surface area (Å²) in [7, 11) is 0. The zero-order chi connectivity index (χ0) is 25.0. The van der Waals surface area contributed by atoms with E-state index < -0.39 is 29.8 Å². The molecule has 4 atom stereocenters. The zero-order valence-corrected chi connectivity index (χ0v) is 22.7. The average Bonchev–Trinajstić information content (AvgIpc) is 2.80. The summed E-state index contributed by atoms with van der Waals surface area (Å²) in [6, 6.07) is 0. The third-order valence-electron chi connectivity index (χ3n) is 7.63. The van der Waals surface area contributed by atoms with Crippen molar-refractivity contribution in [3.8, 4) is 0 Å². The van der Waals surface area contributed by atoms with E-state index >= 15 is 0 Å². The van der Waals surface area contributed by atoms with Gasteiger partial charge < -0.3 is 20.4 Å². The summed E-state index contributed by atoms with van der Waals surface area (Å²) in [6.07, 6.45) is 15.2. The highest BCUT2D eigenvalue weighted by Crippen LogP contribution is 2.43. The molecule has 0 rings (SSSR count). The summed E-state index contributed by atoms with van der Waals surface area (Å²) >= 11 is 0. The lowest BCUT2D eigenvalue weighted by molar-refractivity contribution is -0.201. The molecule has 0 radical (unpaired) electrons. The normalized spacial score (nSPS) is 17.5. The molecule has 0 saturated carbocycles. The Bertz CT molecular complexity index is 337. The summed E-state index contributed by atoms with van der Waals surface area (Å²) in [5.41, 5.74) is -1.25. The number of hydrogen-bond donors (Lipinski definition) is 4. The van der Waals surface area contributed by atoms with Gasteiger partial charge in [0.15, 0.2) is 0 Å². The fourth-order valence-corrected chi connectivity index (χ4v) is 5.39. The molecule has 0 amide bonds. The van der Waals surface area contributed by atoms with E-state index in [1.54, 1.807) is 0 Å². The first-order valence-electron chi connectivity index (χ1n) is 14.6. The SMILES string of the molecule is CCCCCCC(O)C(C(O)CCCCCC)(C(O)CCCCCC)C(O)CCCCCC. The largest absolute Gasteiger partial charge is 0.392 e. The third-order valence-corrected chi connectivity index (χ3v) is 7.63. The summed E-state index contributed by atoms with van der Waals surface area (Å²) < 4.78 is 0. The van der Waals surface area contributed by atoms with Gasteiger partial charge >= 0.3 is 0 Å². The molecule has 0 aromatic carbocycles. The predicted molar refractivity (Wildman–Crippen MR) is 141 cm³/mol. The van der Waals surface area contributed by atoms with E-state index in [4.69, 9.17) is 0 Å². The minimum Gasteiger partial charge on any atom is -0.392 e. The van der Waals surface area contributed by atoms with Gasteiger partial charge in [-0.3, -0.25) is 0 Å². The number of unbranched alkanes of at least 4 members (excludes halogenated alkanes) is 12. The molecular formula is C29H60O4. The van der Waals surface area contributed by atoms with Gasteiger partial charge in [-0.25, -0.2) is 0 Å². The molecule has 4 unspecified atom stereocenters. The summed E-state index contributed by atoms with van der Waals surface area (Å²) in [5.74, 6) is 0. The molecular weight excluding hydrogens is 412 g/mol. The molecule has 0 spiro atoms. The van der Waals surface area contributed by atoms with Crippen molar-refractivity contribution in [1.29, 1.82) is 0 Å². The second-order valence-electron chi connectivity index (χ2n) is 10.5. The minimum absolute atomic E-state index is 0.532. The first-order chi connectivity index (χ1) is 15.9. The lowest BCUT2D eigenvalue weighted by Crippen LogP contribution is -2.60. The maximum Gasteiger partial charge on any atom is 0.0739 e. The van der Waals surface area contributed by atoms with Crippen LogP contribution in [0.3, 0.4) is 0 Å². The molecule has 0 saturated heterocycles. The number of rotatable bonds is 24. The average molecular weight is 473 g/mol. The minimum atomic E-state index is -1.25. The van der Waals surface area contributed by atoms with Crippen LogP contribution in [0.5, 0.6) is 0 Å². The standard InChI is InChI=1S/C29H60O4/c1-5-9-13-17-21-25(30)29(26(31)22-18-14-10-6-2,27(32)23-19-15-11-7-3)28(33)24-20-16-12-8-4/h25-28,30-33H,5-24H2,1-4H3. The highest BCUT2D eigenvalue weighted by molar-refractivity contribution is 5.03. The molecule has 0 aliphatic carbocycles. The molecule has 0 bridgehead atoms. The first-order valence-corrected chi connectivity index (χ1v) is 14.6. The Hall–Kier alpha value is -0.160. The second kappa shape index (κ2) is 21.1. The van der Waals surface area contributed by atoms with Gasteiger partial charge in [-0.2, -0.15) is 0 Å². The lowest BCUT2D eigenvalue weighted by Gasteiger charge is -2.49. The fraction of sp³-hybridized carbons (Fsp3) is 1.00. The van der Waals surface area contributed by atoms with Crippen molar-refractivity contribution in [2.45, 2.75) is 181 Å². The van der Waals surface area contributed by atoms with Gasteiger partial charge in [0.2, 0.25) is 0 Å². The van der Waals surface area contributed by atoms with Crippen LogP contribution in [-0.4, -0.2) is 44.8 Å². The van der Waals surface area contributed by atoms with Crippen LogP contribution < -0.4 is 0 Å². The molecule has 0 aromatic rings. The van der Waals surface area contributed by atoms with E-state index in [9.17, 15) is 20.4 Å². The molecule has 4 N–H and O–H groups in total. The van der Waals surface area contributed by atoms with Gasteiger partial charge in [0, 0.05) is 0 Å². The van der Waals surface area contributed by atoms with Crippen LogP contribution in [-0.2, 0) is 0 Å². The van der Waals surface area contributed by atoms with Gasteiger partial charge in [-0.1, -0.05) is 130 Å². The molecule has 0 aliphatic rings. The monoisotopic (exact) mass is 472 g/mol. The molecule has 200 valence electrons. The van der Waals surface area contributed by atoms with Gasteiger partial charge in [-0.05, 0) is 25.7 Å². The van der Waals surface area contributed by atoms with E-state index in [2.05, 4.69) is 27.7 Å². The van der Waals surface area contributed by atoms with Gasteiger partial charge in [0.25, 0.3) is 0 Å². The Balaban J connectivity index is 5.70. The Morgan fingerprint density at radius 1 is 0.364 bits per heavy atom. The predicted octanol–water partition coefficient (Wildman–Crippen LogP) is 7.30. The topological polar surface area (TPSA) is 80.9 Å². The maximum atomic E-state index is 11.5. The second-order valence-corrected chi connectivity index (χ2v) is 10.5. The molecule has 0 aliphatic heterocycles. The molecule has 0 aromatic heterocycles. The third kappa shape index (κ3) is 12.4. The fourth-order valence-electron chi connectivity index (χ4n) is 5.39. The van der Waals surface area contributed by atoms with Crippen LogP contribution >= 0.6 is 0 Å². The summed E-state index contributed by atoms with van der Waals surface area (Å²) in [4.78, 5) is 0. The Morgan fingerprint density at radius 3 is 0.758 bits per heavy atom. The molecule has 33 heavy (non-hydrogen) atoms. The zero-order valence-electron chi connectivity index (χ0n) is 22.7. The van der Waals surface area contributed by atoms with E-state index in [1.807, 2.05) is 0 Å². The van der Waals surface area contributed by atoms with E-state index in [0.29, 0.717) is 25.7 Å².